The van der Waals surface area contributed by atoms with Gasteiger partial charge in [-0.1, -0.05) is 13.8 Å². The standard InChI is InChI=1S/C16H31N5O3.HI/c1-5-17-15(19-8-7-18-14(22)13(3)4)20-9-11-21(12-10-20)16(23)24-6-2;/h13H,5-12H2,1-4H3,(H,17,19)(H,18,22);1H. The van der Waals surface area contributed by atoms with E-state index in [0.29, 0.717) is 45.9 Å². The van der Waals surface area contributed by atoms with Crippen molar-refractivity contribution in [1.29, 1.82) is 0 Å². The Morgan fingerprint density at radius 3 is 2.20 bits per heavy atom. The van der Waals surface area contributed by atoms with Crippen LogP contribution < -0.4 is 10.6 Å². The van der Waals surface area contributed by atoms with Crippen molar-refractivity contribution in [2.75, 3.05) is 52.4 Å². The van der Waals surface area contributed by atoms with E-state index in [-0.39, 0.29) is 41.9 Å². The van der Waals surface area contributed by atoms with E-state index in [1.807, 2.05) is 27.7 Å². The molecule has 0 spiro atoms. The molecule has 25 heavy (non-hydrogen) atoms. The van der Waals surface area contributed by atoms with E-state index in [0.717, 1.165) is 12.5 Å². The number of halogens is 1. The molecule has 0 aromatic carbocycles. The summed E-state index contributed by atoms with van der Waals surface area (Å²) < 4.78 is 5.03. The van der Waals surface area contributed by atoms with Gasteiger partial charge in [0.05, 0.1) is 13.2 Å². The summed E-state index contributed by atoms with van der Waals surface area (Å²) in [6.07, 6.45) is -0.254. The van der Waals surface area contributed by atoms with Crippen molar-refractivity contribution < 1.29 is 14.3 Å². The second kappa shape index (κ2) is 13.0. The highest BCUT2D eigenvalue weighted by atomic mass is 127. The number of guanidine groups is 1. The monoisotopic (exact) mass is 469 g/mol. The Hall–Kier alpha value is -1.26. The zero-order valence-corrected chi connectivity index (χ0v) is 18.0. The second-order valence-electron chi connectivity index (χ2n) is 5.85. The van der Waals surface area contributed by atoms with Crippen LogP contribution >= 0.6 is 24.0 Å². The third-order valence-electron chi connectivity index (χ3n) is 3.64. The number of hydrogen-bond acceptors (Lipinski definition) is 4. The highest BCUT2D eigenvalue weighted by Gasteiger charge is 2.23. The van der Waals surface area contributed by atoms with Crippen molar-refractivity contribution in [3.63, 3.8) is 0 Å². The Kier molecular flexibility index (Phi) is 12.4. The lowest BCUT2D eigenvalue weighted by Crippen LogP contribution is -2.54. The number of ether oxygens (including phenoxy) is 1. The van der Waals surface area contributed by atoms with E-state index < -0.39 is 0 Å². The normalized spacial score (nSPS) is 14.8. The minimum absolute atomic E-state index is 0. The number of carbonyl (C=O) groups is 2. The molecule has 1 fully saturated rings. The highest BCUT2D eigenvalue weighted by molar-refractivity contribution is 14.0. The first-order valence-electron chi connectivity index (χ1n) is 8.72. The molecule has 1 aliphatic heterocycles. The van der Waals surface area contributed by atoms with Gasteiger partial charge in [-0.05, 0) is 13.8 Å². The molecular formula is C16H32IN5O3. The predicted molar refractivity (Wildman–Crippen MR) is 109 cm³/mol. The number of amides is 2. The number of aliphatic imine (C=N–C) groups is 1. The molecule has 1 saturated heterocycles. The number of carbonyl (C=O) groups excluding carboxylic acids is 2. The van der Waals surface area contributed by atoms with Gasteiger partial charge in [-0.2, -0.15) is 0 Å². The predicted octanol–water partition coefficient (Wildman–Crippen LogP) is 1.12. The van der Waals surface area contributed by atoms with Gasteiger partial charge in [0.1, 0.15) is 0 Å². The van der Waals surface area contributed by atoms with Crippen molar-refractivity contribution in [3.8, 4) is 0 Å². The van der Waals surface area contributed by atoms with Gasteiger partial charge in [-0.3, -0.25) is 9.79 Å². The van der Waals surface area contributed by atoms with Gasteiger partial charge in [0.25, 0.3) is 0 Å². The van der Waals surface area contributed by atoms with Crippen LogP contribution in [-0.4, -0.2) is 80.2 Å². The fourth-order valence-electron chi connectivity index (χ4n) is 2.29. The van der Waals surface area contributed by atoms with E-state index in [2.05, 4.69) is 20.5 Å². The molecule has 2 N–H and O–H groups in total. The zero-order chi connectivity index (χ0) is 17.9. The molecule has 0 saturated carbocycles. The Labute approximate surface area is 167 Å². The van der Waals surface area contributed by atoms with Crippen LogP contribution in [0.15, 0.2) is 4.99 Å². The van der Waals surface area contributed by atoms with Crippen LogP contribution in [-0.2, 0) is 9.53 Å². The lowest BCUT2D eigenvalue weighted by atomic mass is 10.2. The number of piperazine rings is 1. The van der Waals surface area contributed by atoms with Gasteiger partial charge >= 0.3 is 6.09 Å². The maximum absolute atomic E-state index is 11.7. The molecule has 0 unspecified atom stereocenters. The van der Waals surface area contributed by atoms with Crippen LogP contribution in [0.3, 0.4) is 0 Å². The Balaban J connectivity index is 0.00000576. The average Bonchev–Trinajstić information content (AvgIpc) is 2.57. The summed E-state index contributed by atoms with van der Waals surface area (Å²) in [4.78, 5) is 31.7. The van der Waals surface area contributed by atoms with Gasteiger partial charge in [0, 0.05) is 45.2 Å². The van der Waals surface area contributed by atoms with E-state index in [1.165, 1.54) is 0 Å². The molecule has 146 valence electrons. The van der Waals surface area contributed by atoms with E-state index in [1.54, 1.807) is 4.90 Å². The first kappa shape index (κ1) is 23.7. The summed E-state index contributed by atoms with van der Waals surface area (Å²) in [6.45, 7) is 12.4. The van der Waals surface area contributed by atoms with Gasteiger partial charge in [0.15, 0.2) is 5.96 Å². The summed E-state index contributed by atoms with van der Waals surface area (Å²) in [6, 6.07) is 0. The first-order chi connectivity index (χ1) is 11.5. The van der Waals surface area contributed by atoms with Crippen molar-refractivity contribution >= 4 is 41.9 Å². The number of rotatable bonds is 6. The molecule has 0 bridgehead atoms. The Bertz CT molecular complexity index is 437. The summed E-state index contributed by atoms with van der Waals surface area (Å²) in [5.74, 6) is 0.844. The molecule has 2 amide bonds. The largest absolute Gasteiger partial charge is 0.450 e. The molecule has 8 nitrogen and oxygen atoms in total. The van der Waals surface area contributed by atoms with Gasteiger partial charge in [-0.25, -0.2) is 4.79 Å². The third kappa shape index (κ3) is 8.59. The van der Waals surface area contributed by atoms with Gasteiger partial charge in [-0.15, -0.1) is 24.0 Å². The number of nitrogens with zero attached hydrogens (tertiary/aromatic N) is 3. The van der Waals surface area contributed by atoms with Crippen LogP contribution in [0.4, 0.5) is 4.79 Å². The second-order valence-corrected chi connectivity index (χ2v) is 5.85. The molecule has 0 aromatic heterocycles. The maximum Gasteiger partial charge on any atom is 0.409 e. The lowest BCUT2D eigenvalue weighted by molar-refractivity contribution is -0.123. The van der Waals surface area contributed by atoms with Crippen molar-refractivity contribution in [3.05, 3.63) is 0 Å². The van der Waals surface area contributed by atoms with Gasteiger partial charge < -0.3 is 25.2 Å². The summed E-state index contributed by atoms with van der Waals surface area (Å²) in [7, 11) is 0. The summed E-state index contributed by atoms with van der Waals surface area (Å²) >= 11 is 0. The summed E-state index contributed by atoms with van der Waals surface area (Å²) in [5.41, 5.74) is 0. The molecule has 0 atom stereocenters. The van der Waals surface area contributed by atoms with Crippen LogP contribution in [0.2, 0.25) is 0 Å². The number of hydrogen-bond donors (Lipinski definition) is 2. The molecule has 9 heteroatoms. The minimum atomic E-state index is -0.254. The zero-order valence-electron chi connectivity index (χ0n) is 15.7. The van der Waals surface area contributed by atoms with Crippen molar-refractivity contribution in [2.45, 2.75) is 27.7 Å². The van der Waals surface area contributed by atoms with E-state index >= 15 is 0 Å². The summed E-state index contributed by atoms with van der Waals surface area (Å²) in [5, 5.41) is 6.12. The lowest BCUT2D eigenvalue weighted by Gasteiger charge is -2.35. The highest BCUT2D eigenvalue weighted by Crippen LogP contribution is 2.04. The van der Waals surface area contributed by atoms with Crippen LogP contribution in [0.5, 0.6) is 0 Å². The van der Waals surface area contributed by atoms with Crippen LogP contribution in [0.1, 0.15) is 27.7 Å². The molecule has 1 aliphatic rings. The Morgan fingerprint density at radius 2 is 1.68 bits per heavy atom. The van der Waals surface area contributed by atoms with Crippen LogP contribution in [0.25, 0.3) is 0 Å². The third-order valence-corrected chi connectivity index (χ3v) is 3.64. The maximum atomic E-state index is 11.7. The topological polar surface area (TPSA) is 86.3 Å². The molecule has 1 rings (SSSR count). The average molecular weight is 469 g/mol. The van der Waals surface area contributed by atoms with E-state index in [9.17, 15) is 9.59 Å². The molecule has 0 aliphatic carbocycles. The molecule has 0 radical (unpaired) electrons. The molecular weight excluding hydrogens is 437 g/mol. The number of nitrogens with one attached hydrogen (secondary N) is 2. The fourth-order valence-corrected chi connectivity index (χ4v) is 2.29. The van der Waals surface area contributed by atoms with Crippen molar-refractivity contribution in [2.24, 2.45) is 10.9 Å². The molecule has 0 aromatic rings. The SMILES string of the molecule is CCNC(=NCCNC(=O)C(C)C)N1CCN(C(=O)OCC)CC1.I. The van der Waals surface area contributed by atoms with E-state index in [4.69, 9.17) is 4.74 Å². The molecule has 1 heterocycles. The minimum Gasteiger partial charge on any atom is -0.450 e. The fraction of sp³-hybridized carbons (Fsp3) is 0.812. The Morgan fingerprint density at radius 1 is 1.08 bits per heavy atom. The van der Waals surface area contributed by atoms with Crippen molar-refractivity contribution in [1.82, 2.24) is 20.4 Å². The van der Waals surface area contributed by atoms with Gasteiger partial charge in [0.2, 0.25) is 5.91 Å². The first-order valence-corrected chi connectivity index (χ1v) is 8.72. The smallest absolute Gasteiger partial charge is 0.409 e. The quantitative estimate of drug-likeness (QED) is 0.264. The van der Waals surface area contributed by atoms with Crippen LogP contribution in [0, 0.1) is 5.92 Å².